The fourth-order valence-electron chi connectivity index (χ4n) is 1.80. The molecule has 1 atom stereocenters. The number of nitrogens with one attached hydrogen (secondary N) is 1. The van der Waals surface area contributed by atoms with Gasteiger partial charge in [-0.1, -0.05) is 28.1 Å². The highest BCUT2D eigenvalue weighted by atomic mass is 79.9. The first-order chi connectivity index (χ1) is 9.47. The van der Waals surface area contributed by atoms with Gasteiger partial charge in [0.15, 0.2) is 0 Å². The first-order valence-electron chi connectivity index (χ1n) is 6.08. The van der Waals surface area contributed by atoms with Crippen LogP contribution in [0.1, 0.15) is 28.9 Å². The smallest absolute Gasteiger partial charge is 0.251 e. The maximum Gasteiger partial charge on any atom is 0.251 e. The van der Waals surface area contributed by atoms with E-state index in [1.165, 1.54) is 0 Å². The summed E-state index contributed by atoms with van der Waals surface area (Å²) in [6, 6.07) is 13.0. The first-order valence-corrected chi connectivity index (χ1v) is 7.67. The van der Waals surface area contributed by atoms with Gasteiger partial charge in [-0.25, -0.2) is 0 Å². The summed E-state index contributed by atoms with van der Waals surface area (Å²) in [7, 11) is 0. The molecule has 0 aliphatic rings. The number of nitrogen functional groups attached to an aromatic ring is 1. The van der Waals surface area contributed by atoms with E-state index in [1.807, 2.05) is 31.2 Å². The van der Waals surface area contributed by atoms with E-state index in [4.69, 9.17) is 5.73 Å². The molecule has 0 bridgehead atoms. The van der Waals surface area contributed by atoms with Gasteiger partial charge in [-0.15, -0.1) is 0 Å². The Bertz CT molecular complexity index is 626. The minimum Gasteiger partial charge on any atom is -0.398 e. The summed E-state index contributed by atoms with van der Waals surface area (Å²) in [4.78, 5) is 12.2. The molecule has 0 aliphatic carbocycles. The van der Waals surface area contributed by atoms with E-state index in [1.54, 1.807) is 18.2 Å². The minimum absolute atomic E-state index is 0.0690. The molecular formula is C15H14Br2N2O. The summed E-state index contributed by atoms with van der Waals surface area (Å²) in [6.45, 7) is 1.95. The lowest BCUT2D eigenvalue weighted by Crippen LogP contribution is -2.26. The van der Waals surface area contributed by atoms with Gasteiger partial charge >= 0.3 is 0 Å². The van der Waals surface area contributed by atoms with Crippen molar-refractivity contribution in [3.05, 3.63) is 62.5 Å². The lowest BCUT2D eigenvalue weighted by Gasteiger charge is -2.15. The molecule has 5 heteroatoms. The number of carbonyl (C=O) groups excluding carboxylic acids is 1. The highest BCUT2D eigenvalue weighted by molar-refractivity contribution is 9.10. The third-order valence-electron chi connectivity index (χ3n) is 2.98. The Labute approximate surface area is 134 Å². The van der Waals surface area contributed by atoms with Crippen molar-refractivity contribution in [3.8, 4) is 0 Å². The predicted octanol–water partition coefficient (Wildman–Crippen LogP) is 4.28. The van der Waals surface area contributed by atoms with Gasteiger partial charge in [0.05, 0.1) is 6.04 Å². The van der Waals surface area contributed by atoms with Crippen molar-refractivity contribution in [2.24, 2.45) is 0 Å². The van der Waals surface area contributed by atoms with Crippen LogP contribution < -0.4 is 11.1 Å². The van der Waals surface area contributed by atoms with E-state index in [2.05, 4.69) is 37.2 Å². The zero-order valence-electron chi connectivity index (χ0n) is 10.9. The van der Waals surface area contributed by atoms with E-state index < -0.39 is 0 Å². The molecule has 0 spiro atoms. The number of rotatable bonds is 3. The van der Waals surface area contributed by atoms with Gasteiger partial charge in [-0.05, 0) is 58.7 Å². The SMILES string of the molecule is C[C@@H](NC(=O)c1ccc(Br)c(N)c1)c1ccc(Br)cc1. The molecule has 0 unspecified atom stereocenters. The number of benzene rings is 2. The highest BCUT2D eigenvalue weighted by Gasteiger charge is 2.12. The van der Waals surface area contributed by atoms with Gasteiger partial charge < -0.3 is 11.1 Å². The normalized spacial score (nSPS) is 11.9. The molecule has 0 saturated heterocycles. The summed E-state index contributed by atoms with van der Waals surface area (Å²) in [5.41, 5.74) is 7.93. The Kier molecular flexibility index (Phi) is 4.83. The topological polar surface area (TPSA) is 55.1 Å². The fraction of sp³-hybridized carbons (Fsp3) is 0.133. The van der Waals surface area contributed by atoms with E-state index in [0.717, 1.165) is 14.5 Å². The van der Waals surface area contributed by atoms with Crippen molar-refractivity contribution >= 4 is 43.5 Å². The van der Waals surface area contributed by atoms with Gasteiger partial charge in [-0.3, -0.25) is 4.79 Å². The second kappa shape index (κ2) is 6.41. The summed E-state index contributed by atoms with van der Waals surface area (Å²) in [5.74, 6) is -0.139. The number of hydrogen-bond acceptors (Lipinski definition) is 2. The molecule has 2 aromatic rings. The molecule has 0 radical (unpaired) electrons. The highest BCUT2D eigenvalue weighted by Crippen LogP contribution is 2.21. The molecule has 0 aliphatic heterocycles. The molecule has 3 N–H and O–H groups in total. The number of hydrogen-bond donors (Lipinski definition) is 2. The first kappa shape index (κ1) is 15.1. The molecule has 0 heterocycles. The second-order valence-electron chi connectivity index (χ2n) is 4.48. The monoisotopic (exact) mass is 396 g/mol. The Morgan fingerprint density at radius 2 is 1.80 bits per heavy atom. The van der Waals surface area contributed by atoms with Crippen molar-refractivity contribution in [2.45, 2.75) is 13.0 Å². The maximum atomic E-state index is 12.2. The van der Waals surface area contributed by atoms with Crippen LogP contribution in [0, 0.1) is 0 Å². The Morgan fingerprint density at radius 1 is 1.15 bits per heavy atom. The lowest BCUT2D eigenvalue weighted by molar-refractivity contribution is 0.0940. The molecule has 2 aromatic carbocycles. The molecule has 0 saturated carbocycles. The molecule has 3 nitrogen and oxygen atoms in total. The summed E-state index contributed by atoms with van der Waals surface area (Å²) in [5, 5.41) is 2.95. The number of amides is 1. The Balaban J connectivity index is 2.10. The standard InChI is InChI=1S/C15H14Br2N2O/c1-9(10-2-5-12(16)6-3-10)19-15(20)11-4-7-13(17)14(18)8-11/h2-9H,18H2,1H3,(H,19,20)/t9-/m1/s1. The van der Waals surface area contributed by atoms with Crippen molar-refractivity contribution < 1.29 is 4.79 Å². The lowest BCUT2D eigenvalue weighted by atomic mass is 10.1. The third kappa shape index (κ3) is 3.61. The molecule has 1 amide bonds. The van der Waals surface area contributed by atoms with Crippen LogP contribution in [0.15, 0.2) is 51.4 Å². The third-order valence-corrected chi connectivity index (χ3v) is 4.23. The average Bonchev–Trinajstić information content (AvgIpc) is 2.42. The van der Waals surface area contributed by atoms with E-state index in [-0.39, 0.29) is 11.9 Å². The van der Waals surface area contributed by atoms with Crippen molar-refractivity contribution in [1.29, 1.82) is 0 Å². The Hall–Kier alpha value is -1.33. The predicted molar refractivity (Wildman–Crippen MR) is 88.6 cm³/mol. The van der Waals surface area contributed by atoms with Crippen LogP contribution >= 0.6 is 31.9 Å². The number of carbonyl (C=O) groups is 1. The van der Waals surface area contributed by atoms with Gasteiger partial charge in [0.1, 0.15) is 0 Å². The van der Waals surface area contributed by atoms with Crippen LogP contribution in [-0.2, 0) is 0 Å². The van der Waals surface area contributed by atoms with E-state index >= 15 is 0 Å². The van der Waals surface area contributed by atoms with Crippen molar-refractivity contribution in [1.82, 2.24) is 5.32 Å². The summed E-state index contributed by atoms with van der Waals surface area (Å²) in [6.07, 6.45) is 0. The zero-order valence-corrected chi connectivity index (χ0v) is 14.0. The Morgan fingerprint density at radius 3 is 2.40 bits per heavy atom. The van der Waals surface area contributed by atoms with Gasteiger partial charge in [0.25, 0.3) is 5.91 Å². The van der Waals surface area contributed by atoms with Gasteiger partial charge in [-0.2, -0.15) is 0 Å². The fourth-order valence-corrected chi connectivity index (χ4v) is 2.31. The summed E-state index contributed by atoms with van der Waals surface area (Å²) < 4.78 is 1.80. The molecule has 20 heavy (non-hydrogen) atoms. The number of nitrogens with two attached hydrogens (primary N) is 1. The molecule has 104 valence electrons. The van der Waals surface area contributed by atoms with Crippen molar-refractivity contribution in [2.75, 3.05) is 5.73 Å². The van der Waals surface area contributed by atoms with Gasteiger partial charge in [0.2, 0.25) is 0 Å². The van der Waals surface area contributed by atoms with Crippen LogP contribution in [0.3, 0.4) is 0 Å². The van der Waals surface area contributed by atoms with Crippen LogP contribution in [0.2, 0.25) is 0 Å². The zero-order chi connectivity index (χ0) is 14.7. The van der Waals surface area contributed by atoms with Crippen LogP contribution in [0.25, 0.3) is 0 Å². The van der Waals surface area contributed by atoms with Crippen molar-refractivity contribution in [3.63, 3.8) is 0 Å². The maximum absolute atomic E-state index is 12.2. The molecule has 0 fully saturated rings. The summed E-state index contributed by atoms with van der Waals surface area (Å²) >= 11 is 6.70. The molecule has 2 rings (SSSR count). The van der Waals surface area contributed by atoms with Gasteiger partial charge in [0, 0.05) is 20.2 Å². The van der Waals surface area contributed by atoms with E-state index in [9.17, 15) is 4.79 Å². The minimum atomic E-state index is -0.139. The largest absolute Gasteiger partial charge is 0.398 e. The number of anilines is 1. The van der Waals surface area contributed by atoms with Crippen LogP contribution in [-0.4, -0.2) is 5.91 Å². The molecular weight excluding hydrogens is 384 g/mol. The second-order valence-corrected chi connectivity index (χ2v) is 6.25. The van der Waals surface area contributed by atoms with E-state index in [0.29, 0.717) is 11.3 Å². The molecule has 0 aromatic heterocycles. The quantitative estimate of drug-likeness (QED) is 0.759. The van der Waals surface area contributed by atoms with Crippen LogP contribution in [0.4, 0.5) is 5.69 Å². The number of halogens is 2. The van der Waals surface area contributed by atoms with Crippen LogP contribution in [0.5, 0.6) is 0 Å². The average molecular weight is 398 g/mol.